The summed E-state index contributed by atoms with van der Waals surface area (Å²) in [5, 5.41) is 4.02. The predicted octanol–water partition coefficient (Wildman–Crippen LogP) is 1.35. The topological polar surface area (TPSA) is 86.5 Å². The van der Waals surface area contributed by atoms with Crippen LogP contribution in [0.15, 0.2) is 6.20 Å². The second-order valence-electron chi connectivity index (χ2n) is 4.66. The van der Waals surface area contributed by atoms with Crippen molar-refractivity contribution >= 4 is 34.8 Å². The van der Waals surface area contributed by atoms with Gasteiger partial charge in [0.1, 0.15) is 0 Å². The number of thiazole rings is 1. The molecule has 2 heterocycles. The van der Waals surface area contributed by atoms with E-state index in [-0.39, 0.29) is 23.9 Å². The highest BCUT2D eigenvalue weighted by atomic mass is 35.5. The molecular weight excluding hydrogens is 302 g/mol. The Morgan fingerprint density at radius 2 is 2.30 bits per heavy atom. The number of ether oxygens (including phenoxy) is 2. The Hall–Kier alpha value is -0.890. The predicted molar refractivity (Wildman–Crippen MR) is 80.0 cm³/mol. The molecule has 0 saturated carbocycles. The molecule has 20 heavy (non-hydrogen) atoms. The van der Waals surface area contributed by atoms with E-state index in [0.717, 1.165) is 17.7 Å². The Morgan fingerprint density at radius 1 is 1.60 bits per heavy atom. The normalized spacial score (nSPS) is 17.2. The average molecular weight is 322 g/mol. The maximum atomic E-state index is 11.6. The summed E-state index contributed by atoms with van der Waals surface area (Å²) >= 11 is 1.46. The number of halogens is 1. The van der Waals surface area contributed by atoms with Crippen LogP contribution in [0.1, 0.15) is 24.1 Å². The molecule has 1 fully saturated rings. The highest BCUT2D eigenvalue weighted by Gasteiger charge is 2.34. The molecule has 0 aromatic carbocycles. The number of nitrogens with two attached hydrogens (primary N) is 1. The van der Waals surface area contributed by atoms with E-state index in [1.807, 2.05) is 0 Å². The van der Waals surface area contributed by atoms with Crippen LogP contribution in [0.3, 0.4) is 0 Å². The molecule has 6 nitrogen and oxygen atoms in total. The molecule has 3 N–H and O–H groups in total. The van der Waals surface area contributed by atoms with E-state index in [0.29, 0.717) is 31.3 Å². The second-order valence-corrected chi connectivity index (χ2v) is 5.81. The maximum absolute atomic E-state index is 11.6. The van der Waals surface area contributed by atoms with E-state index in [9.17, 15) is 4.79 Å². The van der Waals surface area contributed by atoms with Gasteiger partial charge in [0.2, 0.25) is 0 Å². The maximum Gasteiger partial charge on any atom is 0.307 e. The zero-order valence-electron chi connectivity index (χ0n) is 11.4. The van der Waals surface area contributed by atoms with Crippen molar-refractivity contribution in [2.75, 3.05) is 26.1 Å². The zero-order chi connectivity index (χ0) is 13.7. The van der Waals surface area contributed by atoms with E-state index in [4.69, 9.17) is 15.2 Å². The fourth-order valence-electron chi connectivity index (χ4n) is 2.21. The lowest BCUT2D eigenvalue weighted by molar-refractivity contribution is -0.143. The summed E-state index contributed by atoms with van der Waals surface area (Å²) in [6.07, 6.45) is 3.73. The van der Waals surface area contributed by atoms with Crippen LogP contribution in [-0.2, 0) is 20.8 Å². The highest BCUT2D eigenvalue weighted by molar-refractivity contribution is 7.15. The Kier molecular flexibility index (Phi) is 6.67. The van der Waals surface area contributed by atoms with Crippen LogP contribution < -0.4 is 11.1 Å². The SMILES string of the molecule is COC(=O)CC1(NCc2cnc(N)s2)CCOCC1.Cl. The number of hydrogen-bond acceptors (Lipinski definition) is 7. The first-order chi connectivity index (χ1) is 9.13. The van der Waals surface area contributed by atoms with Crippen LogP contribution in [0, 0.1) is 0 Å². The van der Waals surface area contributed by atoms with Crippen LogP contribution in [0.25, 0.3) is 0 Å². The number of rotatable bonds is 5. The van der Waals surface area contributed by atoms with Gasteiger partial charge in [0.15, 0.2) is 5.13 Å². The number of nitrogen functional groups attached to an aromatic ring is 1. The molecule has 1 aromatic heterocycles. The summed E-state index contributed by atoms with van der Waals surface area (Å²) in [4.78, 5) is 16.7. The van der Waals surface area contributed by atoms with E-state index >= 15 is 0 Å². The van der Waals surface area contributed by atoms with Crippen molar-refractivity contribution in [3.63, 3.8) is 0 Å². The van der Waals surface area contributed by atoms with Crippen LogP contribution in [0.5, 0.6) is 0 Å². The quantitative estimate of drug-likeness (QED) is 0.796. The number of anilines is 1. The van der Waals surface area contributed by atoms with Crippen LogP contribution in [0.4, 0.5) is 5.13 Å². The number of carbonyl (C=O) groups excluding carboxylic acids is 1. The molecule has 1 aliphatic rings. The molecule has 0 bridgehead atoms. The first-order valence-corrected chi connectivity index (χ1v) is 7.05. The average Bonchev–Trinajstić information content (AvgIpc) is 2.83. The highest BCUT2D eigenvalue weighted by Crippen LogP contribution is 2.26. The largest absolute Gasteiger partial charge is 0.469 e. The Bertz CT molecular complexity index is 435. The van der Waals surface area contributed by atoms with Gasteiger partial charge in [-0.05, 0) is 12.8 Å². The fraction of sp³-hybridized carbons (Fsp3) is 0.667. The minimum Gasteiger partial charge on any atom is -0.469 e. The molecule has 1 aliphatic heterocycles. The molecule has 0 unspecified atom stereocenters. The zero-order valence-corrected chi connectivity index (χ0v) is 13.0. The Labute approximate surface area is 128 Å². The van der Waals surface area contributed by atoms with Gasteiger partial charge in [0.05, 0.1) is 13.5 Å². The number of methoxy groups -OCH3 is 1. The molecule has 1 saturated heterocycles. The summed E-state index contributed by atoms with van der Waals surface area (Å²) in [5.74, 6) is -0.196. The van der Waals surface area contributed by atoms with Gasteiger partial charge >= 0.3 is 5.97 Å². The first kappa shape index (κ1) is 17.2. The van der Waals surface area contributed by atoms with Gasteiger partial charge in [0.25, 0.3) is 0 Å². The summed E-state index contributed by atoms with van der Waals surface area (Å²) < 4.78 is 10.2. The van der Waals surface area contributed by atoms with Crippen LogP contribution in [-0.4, -0.2) is 36.8 Å². The molecule has 1 aromatic rings. The lowest BCUT2D eigenvalue weighted by Crippen LogP contribution is -2.50. The van der Waals surface area contributed by atoms with E-state index < -0.39 is 0 Å². The second kappa shape index (κ2) is 7.78. The molecule has 0 atom stereocenters. The molecule has 0 amide bonds. The molecule has 8 heteroatoms. The molecule has 0 aliphatic carbocycles. The smallest absolute Gasteiger partial charge is 0.307 e. The minimum absolute atomic E-state index is 0. The Balaban J connectivity index is 0.00000200. The van der Waals surface area contributed by atoms with Gasteiger partial charge in [-0.3, -0.25) is 4.79 Å². The van der Waals surface area contributed by atoms with E-state index in [2.05, 4.69) is 10.3 Å². The van der Waals surface area contributed by atoms with Crippen molar-refractivity contribution in [2.45, 2.75) is 31.3 Å². The monoisotopic (exact) mass is 321 g/mol. The van der Waals surface area contributed by atoms with Crippen LogP contribution in [0.2, 0.25) is 0 Å². The van der Waals surface area contributed by atoms with Gasteiger partial charge in [-0.2, -0.15) is 0 Å². The number of hydrogen-bond donors (Lipinski definition) is 2. The number of carbonyl (C=O) groups is 1. The number of nitrogens with zero attached hydrogens (tertiary/aromatic N) is 1. The summed E-state index contributed by atoms with van der Waals surface area (Å²) in [6.45, 7) is 1.98. The number of aromatic nitrogens is 1. The van der Waals surface area contributed by atoms with Crippen molar-refractivity contribution in [1.29, 1.82) is 0 Å². The number of nitrogens with one attached hydrogen (secondary N) is 1. The third kappa shape index (κ3) is 4.59. The van der Waals surface area contributed by atoms with Gasteiger partial charge < -0.3 is 20.5 Å². The van der Waals surface area contributed by atoms with E-state index in [1.54, 1.807) is 6.20 Å². The third-order valence-corrected chi connectivity index (χ3v) is 4.20. The summed E-state index contributed by atoms with van der Waals surface area (Å²) in [6, 6.07) is 0. The molecule has 2 rings (SSSR count). The van der Waals surface area contributed by atoms with Crippen LogP contribution >= 0.6 is 23.7 Å². The molecular formula is C12H20ClN3O3S. The lowest BCUT2D eigenvalue weighted by Gasteiger charge is -2.37. The summed E-state index contributed by atoms with van der Waals surface area (Å²) in [5.41, 5.74) is 5.36. The lowest BCUT2D eigenvalue weighted by atomic mass is 9.86. The Morgan fingerprint density at radius 3 is 2.85 bits per heavy atom. The summed E-state index contributed by atoms with van der Waals surface area (Å²) in [7, 11) is 1.42. The van der Waals surface area contributed by atoms with Crippen molar-refractivity contribution in [3.8, 4) is 0 Å². The first-order valence-electron chi connectivity index (χ1n) is 6.23. The van der Waals surface area contributed by atoms with Gasteiger partial charge in [-0.15, -0.1) is 23.7 Å². The van der Waals surface area contributed by atoms with Crippen molar-refractivity contribution in [1.82, 2.24) is 10.3 Å². The number of esters is 1. The van der Waals surface area contributed by atoms with Crippen molar-refractivity contribution in [3.05, 3.63) is 11.1 Å². The van der Waals surface area contributed by atoms with Crippen molar-refractivity contribution in [2.24, 2.45) is 0 Å². The van der Waals surface area contributed by atoms with Crippen molar-refractivity contribution < 1.29 is 14.3 Å². The third-order valence-electron chi connectivity index (χ3n) is 3.37. The van der Waals surface area contributed by atoms with Gasteiger partial charge in [-0.25, -0.2) is 4.98 Å². The molecule has 0 radical (unpaired) electrons. The standard InChI is InChI=1S/C12H19N3O3S.ClH/c1-17-10(16)6-12(2-4-18-5-3-12)15-8-9-7-14-11(13)19-9;/h7,15H,2-6,8H2,1H3,(H2,13,14);1H. The fourth-order valence-corrected chi connectivity index (χ4v) is 2.83. The van der Waals surface area contributed by atoms with Gasteiger partial charge in [0, 0.05) is 36.4 Å². The minimum atomic E-state index is -0.246. The molecule has 114 valence electrons. The van der Waals surface area contributed by atoms with E-state index in [1.165, 1.54) is 18.4 Å². The van der Waals surface area contributed by atoms with Gasteiger partial charge in [-0.1, -0.05) is 0 Å². The molecule has 0 spiro atoms.